The van der Waals surface area contributed by atoms with Crippen LogP contribution < -0.4 is 16.0 Å². The number of amides is 1. The third-order valence-electron chi connectivity index (χ3n) is 2.59. The summed E-state index contributed by atoms with van der Waals surface area (Å²) in [5.74, 6) is 0.0769. The van der Waals surface area contributed by atoms with E-state index in [9.17, 15) is 4.79 Å². The molecule has 0 aromatic heterocycles. The van der Waals surface area contributed by atoms with Crippen LogP contribution in [-0.4, -0.2) is 25.5 Å². The molecule has 1 amide bonds. The number of anilines is 1. The van der Waals surface area contributed by atoms with E-state index < -0.39 is 0 Å². The second-order valence-electron chi connectivity index (χ2n) is 3.60. The number of piperazine rings is 1. The van der Waals surface area contributed by atoms with Crippen molar-refractivity contribution in [1.82, 2.24) is 5.32 Å². The zero-order valence-electron chi connectivity index (χ0n) is 8.57. The zero-order chi connectivity index (χ0) is 10.7. The maximum absolute atomic E-state index is 11.3. The molecule has 0 radical (unpaired) electrons. The van der Waals surface area contributed by atoms with Crippen LogP contribution in [0, 0.1) is 0 Å². The number of hydrogen-bond donors (Lipinski definition) is 2. The maximum atomic E-state index is 11.3. The Morgan fingerprint density at radius 3 is 2.93 bits per heavy atom. The molecule has 0 spiro atoms. The molecule has 4 heteroatoms. The van der Waals surface area contributed by atoms with Gasteiger partial charge in [0, 0.05) is 25.3 Å². The summed E-state index contributed by atoms with van der Waals surface area (Å²) in [6.45, 7) is 2.49. The zero-order valence-corrected chi connectivity index (χ0v) is 8.57. The molecule has 1 fully saturated rings. The van der Waals surface area contributed by atoms with E-state index in [1.807, 2.05) is 24.3 Å². The molecule has 0 aliphatic carbocycles. The van der Waals surface area contributed by atoms with E-state index in [1.165, 1.54) is 0 Å². The van der Waals surface area contributed by atoms with Crippen LogP contribution in [-0.2, 0) is 11.3 Å². The van der Waals surface area contributed by atoms with Crippen LogP contribution in [0.5, 0.6) is 0 Å². The Bertz CT molecular complexity index is 365. The third-order valence-corrected chi connectivity index (χ3v) is 2.59. The Morgan fingerprint density at radius 1 is 1.40 bits per heavy atom. The monoisotopic (exact) mass is 205 g/mol. The van der Waals surface area contributed by atoms with Crippen molar-refractivity contribution in [3.63, 3.8) is 0 Å². The topological polar surface area (TPSA) is 58.4 Å². The highest BCUT2D eigenvalue weighted by Crippen LogP contribution is 2.20. The van der Waals surface area contributed by atoms with Crippen LogP contribution in [0.15, 0.2) is 24.3 Å². The molecule has 1 saturated heterocycles. The molecule has 1 heterocycles. The molecule has 0 saturated carbocycles. The quantitative estimate of drug-likeness (QED) is 0.719. The Labute approximate surface area is 89.1 Å². The van der Waals surface area contributed by atoms with Crippen LogP contribution in [0.2, 0.25) is 0 Å². The highest BCUT2D eigenvalue weighted by molar-refractivity contribution is 5.82. The van der Waals surface area contributed by atoms with E-state index in [0.29, 0.717) is 19.6 Å². The summed E-state index contributed by atoms with van der Waals surface area (Å²) in [5, 5.41) is 2.81. The summed E-state index contributed by atoms with van der Waals surface area (Å²) in [7, 11) is 0. The minimum atomic E-state index is 0.0769. The van der Waals surface area contributed by atoms with Gasteiger partial charge in [-0.15, -0.1) is 0 Å². The highest BCUT2D eigenvalue weighted by Gasteiger charge is 2.17. The number of carbonyl (C=O) groups is 1. The van der Waals surface area contributed by atoms with Crippen molar-refractivity contribution in [3.8, 4) is 0 Å². The van der Waals surface area contributed by atoms with Gasteiger partial charge in [-0.05, 0) is 11.6 Å². The number of benzene rings is 1. The van der Waals surface area contributed by atoms with Gasteiger partial charge >= 0.3 is 0 Å². The van der Waals surface area contributed by atoms with Gasteiger partial charge in [-0.3, -0.25) is 4.79 Å². The first-order chi connectivity index (χ1) is 7.31. The first kappa shape index (κ1) is 9.98. The van der Waals surface area contributed by atoms with E-state index in [0.717, 1.165) is 17.8 Å². The number of para-hydroxylation sites is 1. The lowest BCUT2D eigenvalue weighted by Crippen LogP contribution is -2.48. The summed E-state index contributed by atoms with van der Waals surface area (Å²) in [4.78, 5) is 13.3. The van der Waals surface area contributed by atoms with Crippen molar-refractivity contribution in [2.45, 2.75) is 6.54 Å². The van der Waals surface area contributed by atoms with Gasteiger partial charge in [0.05, 0.1) is 6.54 Å². The molecule has 0 atom stereocenters. The van der Waals surface area contributed by atoms with Crippen LogP contribution in [0.25, 0.3) is 0 Å². The molecule has 1 aromatic carbocycles. The summed E-state index contributed by atoms with van der Waals surface area (Å²) in [6, 6.07) is 7.96. The normalized spacial score (nSPS) is 16.3. The Balaban J connectivity index is 2.24. The van der Waals surface area contributed by atoms with Crippen molar-refractivity contribution in [1.29, 1.82) is 0 Å². The molecule has 0 bridgehead atoms. The summed E-state index contributed by atoms with van der Waals surface area (Å²) >= 11 is 0. The Kier molecular flexibility index (Phi) is 2.87. The predicted octanol–water partition coefficient (Wildman–Crippen LogP) is 0.0815. The van der Waals surface area contributed by atoms with Gasteiger partial charge in [-0.1, -0.05) is 18.2 Å². The molecule has 1 aromatic rings. The fraction of sp³-hybridized carbons (Fsp3) is 0.364. The van der Waals surface area contributed by atoms with E-state index in [-0.39, 0.29) is 5.91 Å². The average Bonchev–Trinajstić information content (AvgIpc) is 2.29. The van der Waals surface area contributed by atoms with Gasteiger partial charge in [0.25, 0.3) is 0 Å². The minimum absolute atomic E-state index is 0.0769. The van der Waals surface area contributed by atoms with Crippen LogP contribution in [0.3, 0.4) is 0 Å². The number of hydrogen-bond acceptors (Lipinski definition) is 3. The average molecular weight is 205 g/mol. The van der Waals surface area contributed by atoms with Crippen molar-refractivity contribution >= 4 is 11.6 Å². The number of nitrogens with two attached hydrogens (primary N) is 1. The van der Waals surface area contributed by atoms with Crippen LogP contribution in [0.4, 0.5) is 5.69 Å². The smallest absolute Gasteiger partial charge is 0.239 e. The molecule has 1 aliphatic heterocycles. The second-order valence-corrected chi connectivity index (χ2v) is 3.60. The van der Waals surface area contributed by atoms with Gasteiger partial charge in [0.15, 0.2) is 0 Å². The molecule has 15 heavy (non-hydrogen) atoms. The molecule has 1 aliphatic rings. The number of carbonyl (C=O) groups excluding carboxylic acids is 1. The molecule has 3 N–H and O–H groups in total. The van der Waals surface area contributed by atoms with Gasteiger partial charge in [-0.25, -0.2) is 0 Å². The van der Waals surface area contributed by atoms with Gasteiger partial charge in [-0.2, -0.15) is 0 Å². The SMILES string of the molecule is NCc1ccccc1N1CCNC(=O)C1. The highest BCUT2D eigenvalue weighted by atomic mass is 16.2. The van der Waals surface area contributed by atoms with Gasteiger partial charge in [0.1, 0.15) is 0 Å². The fourth-order valence-electron chi connectivity index (χ4n) is 1.84. The predicted molar refractivity (Wildman–Crippen MR) is 59.6 cm³/mol. The molecular weight excluding hydrogens is 190 g/mol. The first-order valence-corrected chi connectivity index (χ1v) is 5.11. The Hall–Kier alpha value is -1.55. The lowest BCUT2D eigenvalue weighted by Gasteiger charge is -2.30. The largest absolute Gasteiger partial charge is 0.360 e. The molecular formula is C11H15N3O. The standard InChI is InChI=1S/C11H15N3O/c12-7-9-3-1-2-4-10(9)14-6-5-13-11(15)8-14/h1-4H,5-8,12H2,(H,13,15). The maximum Gasteiger partial charge on any atom is 0.239 e. The van der Waals surface area contributed by atoms with Gasteiger partial charge < -0.3 is 16.0 Å². The number of nitrogens with zero attached hydrogens (tertiary/aromatic N) is 1. The van der Waals surface area contributed by atoms with Crippen molar-refractivity contribution < 1.29 is 4.79 Å². The van der Waals surface area contributed by atoms with E-state index >= 15 is 0 Å². The van der Waals surface area contributed by atoms with Crippen molar-refractivity contribution in [2.75, 3.05) is 24.5 Å². The van der Waals surface area contributed by atoms with E-state index in [4.69, 9.17) is 5.73 Å². The van der Waals surface area contributed by atoms with Gasteiger partial charge in [0.2, 0.25) is 5.91 Å². The summed E-state index contributed by atoms with van der Waals surface area (Å²) in [5.41, 5.74) is 7.83. The lowest BCUT2D eigenvalue weighted by molar-refractivity contribution is -0.120. The molecule has 80 valence electrons. The lowest BCUT2D eigenvalue weighted by atomic mass is 10.1. The second kappa shape index (κ2) is 4.31. The van der Waals surface area contributed by atoms with E-state index in [2.05, 4.69) is 10.2 Å². The summed E-state index contributed by atoms with van der Waals surface area (Å²) in [6.07, 6.45) is 0. The van der Waals surface area contributed by atoms with Crippen molar-refractivity contribution in [3.05, 3.63) is 29.8 Å². The third kappa shape index (κ3) is 2.10. The van der Waals surface area contributed by atoms with Crippen molar-refractivity contribution in [2.24, 2.45) is 5.73 Å². The molecule has 0 unspecified atom stereocenters. The molecule has 2 rings (SSSR count). The van der Waals surface area contributed by atoms with Crippen LogP contribution in [0.1, 0.15) is 5.56 Å². The summed E-state index contributed by atoms with van der Waals surface area (Å²) < 4.78 is 0. The fourth-order valence-corrected chi connectivity index (χ4v) is 1.84. The minimum Gasteiger partial charge on any atom is -0.360 e. The molecule has 4 nitrogen and oxygen atoms in total. The Morgan fingerprint density at radius 2 is 2.20 bits per heavy atom. The van der Waals surface area contributed by atoms with Crippen LogP contribution >= 0.6 is 0 Å². The first-order valence-electron chi connectivity index (χ1n) is 5.11. The number of rotatable bonds is 2. The van der Waals surface area contributed by atoms with E-state index in [1.54, 1.807) is 0 Å². The number of nitrogens with one attached hydrogen (secondary N) is 1.